The highest BCUT2D eigenvalue weighted by molar-refractivity contribution is 7.99. The average molecular weight is 271 g/mol. The zero-order valence-corrected chi connectivity index (χ0v) is 12.1. The molecule has 18 heavy (non-hydrogen) atoms. The molecule has 0 aliphatic carbocycles. The average Bonchev–Trinajstić information content (AvgIpc) is 2.38. The van der Waals surface area contributed by atoms with Crippen molar-refractivity contribution in [1.29, 1.82) is 0 Å². The Morgan fingerprint density at radius 2 is 2.17 bits per heavy atom. The number of nitrogens with one attached hydrogen (secondary N) is 1. The molecule has 102 valence electrons. The van der Waals surface area contributed by atoms with E-state index in [0.717, 1.165) is 35.8 Å². The fraction of sp³-hybridized carbons (Fsp3) is 0.571. The van der Waals surface area contributed by atoms with Crippen molar-refractivity contribution in [3.63, 3.8) is 0 Å². The second-order valence-electron chi connectivity index (χ2n) is 4.07. The van der Waals surface area contributed by atoms with Crippen molar-refractivity contribution >= 4 is 11.8 Å². The number of hydrogen-bond donors (Lipinski definition) is 1. The first-order valence-corrected chi connectivity index (χ1v) is 7.52. The summed E-state index contributed by atoms with van der Waals surface area (Å²) in [5.74, 6) is 2.59. The minimum absolute atomic E-state index is 0.136. The lowest BCUT2D eigenvalue weighted by atomic mass is 10.1. The van der Waals surface area contributed by atoms with Crippen molar-refractivity contribution in [3.8, 4) is 5.75 Å². The predicted molar refractivity (Wildman–Crippen MR) is 77.0 cm³/mol. The van der Waals surface area contributed by atoms with Crippen molar-refractivity contribution in [3.05, 3.63) is 29.6 Å². The lowest BCUT2D eigenvalue weighted by molar-refractivity contribution is 0.401. The molecule has 0 aromatic heterocycles. The highest BCUT2D eigenvalue weighted by Gasteiger charge is 2.16. The van der Waals surface area contributed by atoms with Gasteiger partial charge in [-0.2, -0.15) is 11.8 Å². The molecular formula is C14H22FNOS. The van der Waals surface area contributed by atoms with E-state index in [1.54, 1.807) is 19.2 Å². The number of rotatable bonds is 8. The fourth-order valence-corrected chi connectivity index (χ4v) is 2.82. The number of hydrogen-bond acceptors (Lipinski definition) is 3. The summed E-state index contributed by atoms with van der Waals surface area (Å²) in [7, 11) is 1.62. The van der Waals surface area contributed by atoms with E-state index < -0.39 is 0 Å². The lowest BCUT2D eigenvalue weighted by Crippen LogP contribution is -2.23. The van der Waals surface area contributed by atoms with E-state index in [9.17, 15) is 4.39 Å². The molecular weight excluding hydrogens is 249 g/mol. The molecule has 0 heterocycles. The molecule has 0 bridgehead atoms. The van der Waals surface area contributed by atoms with Gasteiger partial charge >= 0.3 is 0 Å². The van der Waals surface area contributed by atoms with Gasteiger partial charge in [-0.25, -0.2) is 4.39 Å². The first-order chi connectivity index (χ1) is 8.72. The maximum absolute atomic E-state index is 13.4. The van der Waals surface area contributed by atoms with Gasteiger partial charge in [-0.05, 0) is 36.9 Å². The maximum atomic E-state index is 13.4. The van der Waals surface area contributed by atoms with Crippen molar-refractivity contribution in [2.24, 2.45) is 0 Å². The Morgan fingerprint density at radius 1 is 1.39 bits per heavy atom. The molecule has 0 fully saturated rings. The van der Waals surface area contributed by atoms with Crippen molar-refractivity contribution in [2.75, 3.05) is 25.2 Å². The van der Waals surface area contributed by atoms with E-state index in [1.165, 1.54) is 6.07 Å². The summed E-state index contributed by atoms with van der Waals surface area (Å²) in [4.78, 5) is 0. The molecule has 0 aliphatic heterocycles. The summed E-state index contributed by atoms with van der Waals surface area (Å²) in [5, 5.41) is 3.39. The minimum atomic E-state index is -0.214. The number of thioether (sulfide) groups is 1. The van der Waals surface area contributed by atoms with Gasteiger partial charge in [0.2, 0.25) is 0 Å². The van der Waals surface area contributed by atoms with E-state index in [-0.39, 0.29) is 11.9 Å². The quantitative estimate of drug-likeness (QED) is 0.730. The van der Waals surface area contributed by atoms with Gasteiger partial charge in [0.25, 0.3) is 0 Å². The molecule has 0 radical (unpaired) electrons. The van der Waals surface area contributed by atoms with E-state index in [1.807, 2.05) is 11.8 Å². The lowest BCUT2D eigenvalue weighted by Gasteiger charge is -2.20. The molecule has 0 aliphatic rings. The maximum Gasteiger partial charge on any atom is 0.123 e. The summed E-state index contributed by atoms with van der Waals surface area (Å²) in [5.41, 5.74) is 0.906. The zero-order chi connectivity index (χ0) is 13.4. The SMILES string of the molecule is CCCSCC(NCC)c1cc(F)ccc1OC. The Morgan fingerprint density at radius 3 is 2.78 bits per heavy atom. The third kappa shape index (κ3) is 4.50. The summed E-state index contributed by atoms with van der Waals surface area (Å²) in [6, 6.07) is 4.83. The number of methoxy groups -OCH3 is 1. The van der Waals surface area contributed by atoms with Crippen molar-refractivity contribution < 1.29 is 9.13 Å². The van der Waals surface area contributed by atoms with Gasteiger partial charge in [-0.3, -0.25) is 0 Å². The predicted octanol–water partition coefficient (Wildman–Crippen LogP) is 3.63. The van der Waals surface area contributed by atoms with E-state index in [4.69, 9.17) is 4.74 Å². The first kappa shape index (κ1) is 15.3. The molecule has 1 N–H and O–H groups in total. The number of ether oxygens (including phenoxy) is 1. The molecule has 4 heteroatoms. The van der Waals surface area contributed by atoms with Crippen LogP contribution in [0.25, 0.3) is 0 Å². The van der Waals surface area contributed by atoms with Gasteiger partial charge in [-0.1, -0.05) is 13.8 Å². The summed E-state index contributed by atoms with van der Waals surface area (Å²) >= 11 is 1.88. The van der Waals surface area contributed by atoms with Crippen LogP contribution in [-0.2, 0) is 0 Å². The standard InChI is InChI=1S/C14H22FNOS/c1-4-8-18-10-13(16-5-2)12-9-11(15)6-7-14(12)17-3/h6-7,9,13,16H,4-5,8,10H2,1-3H3. The second-order valence-corrected chi connectivity index (χ2v) is 5.22. The monoisotopic (exact) mass is 271 g/mol. The molecule has 2 nitrogen and oxygen atoms in total. The Labute approximate surface area is 113 Å². The summed E-state index contributed by atoms with van der Waals surface area (Å²) < 4.78 is 18.7. The van der Waals surface area contributed by atoms with E-state index in [2.05, 4.69) is 19.2 Å². The van der Waals surface area contributed by atoms with Crippen LogP contribution in [0.15, 0.2) is 18.2 Å². The molecule has 0 amide bonds. The van der Waals surface area contributed by atoms with Crippen LogP contribution >= 0.6 is 11.8 Å². The van der Waals surface area contributed by atoms with Crippen LogP contribution in [0.4, 0.5) is 4.39 Å². The molecule has 1 aromatic rings. The summed E-state index contributed by atoms with van der Waals surface area (Å²) in [6.07, 6.45) is 1.16. The van der Waals surface area contributed by atoms with Crippen LogP contribution in [0.5, 0.6) is 5.75 Å². The van der Waals surface area contributed by atoms with Crippen molar-refractivity contribution in [1.82, 2.24) is 5.32 Å². The fourth-order valence-electron chi connectivity index (χ4n) is 1.83. The summed E-state index contributed by atoms with van der Waals surface area (Å²) in [6.45, 7) is 5.08. The van der Waals surface area contributed by atoms with Crippen LogP contribution in [-0.4, -0.2) is 25.2 Å². The normalized spacial score (nSPS) is 12.4. The van der Waals surface area contributed by atoms with Crippen molar-refractivity contribution in [2.45, 2.75) is 26.3 Å². The molecule has 0 saturated heterocycles. The Kier molecular flexibility index (Phi) is 7.13. The zero-order valence-electron chi connectivity index (χ0n) is 11.3. The minimum Gasteiger partial charge on any atom is -0.496 e. The molecule has 1 unspecified atom stereocenters. The van der Waals surface area contributed by atoms with Gasteiger partial charge in [0.15, 0.2) is 0 Å². The van der Waals surface area contributed by atoms with Crippen LogP contribution in [0.2, 0.25) is 0 Å². The van der Waals surface area contributed by atoms with E-state index in [0.29, 0.717) is 0 Å². The Hall–Kier alpha value is -0.740. The van der Waals surface area contributed by atoms with Gasteiger partial charge in [0.05, 0.1) is 7.11 Å². The molecule has 1 aromatic carbocycles. The highest BCUT2D eigenvalue weighted by Crippen LogP contribution is 2.28. The third-order valence-corrected chi connectivity index (χ3v) is 3.92. The Balaban J connectivity index is 2.85. The number of halogens is 1. The largest absolute Gasteiger partial charge is 0.496 e. The van der Waals surface area contributed by atoms with Crippen LogP contribution < -0.4 is 10.1 Å². The van der Waals surface area contributed by atoms with Crippen LogP contribution in [0.3, 0.4) is 0 Å². The van der Waals surface area contributed by atoms with Gasteiger partial charge in [0, 0.05) is 17.4 Å². The highest BCUT2D eigenvalue weighted by atomic mass is 32.2. The first-order valence-electron chi connectivity index (χ1n) is 6.37. The van der Waals surface area contributed by atoms with Gasteiger partial charge in [0.1, 0.15) is 11.6 Å². The molecule has 0 spiro atoms. The number of benzene rings is 1. The van der Waals surface area contributed by atoms with Crippen LogP contribution in [0.1, 0.15) is 31.9 Å². The smallest absolute Gasteiger partial charge is 0.123 e. The third-order valence-electron chi connectivity index (χ3n) is 2.65. The van der Waals surface area contributed by atoms with Crippen LogP contribution in [0, 0.1) is 5.82 Å². The van der Waals surface area contributed by atoms with Gasteiger partial charge in [-0.15, -0.1) is 0 Å². The second kappa shape index (κ2) is 8.38. The molecule has 0 saturated carbocycles. The van der Waals surface area contributed by atoms with Gasteiger partial charge < -0.3 is 10.1 Å². The topological polar surface area (TPSA) is 21.3 Å². The van der Waals surface area contributed by atoms with E-state index >= 15 is 0 Å². The molecule has 1 rings (SSSR count). The molecule has 1 atom stereocenters. The Bertz CT molecular complexity index is 360.